The van der Waals surface area contributed by atoms with Crippen LogP contribution in [0.5, 0.6) is 0 Å². The molecule has 0 unspecified atom stereocenters. The zero-order valence-electron chi connectivity index (χ0n) is 9.66. The Morgan fingerprint density at radius 1 is 1.00 bits per heavy atom. The SMILES string of the molecule is O=C1/C(=C\c2ccc(Cl)cc2)C2CCC1CC2. The molecule has 0 amide bonds. The maximum atomic E-state index is 12.2. The third-order valence-corrected chi connectivity index (χ3v) is 4.27. The molecular weight excluding hydrogens is 232 g/mol. The minimum absolute atomic E-state index is 0.304. The van der Waals surface area contributed by atoms with Gasteiger partial charge in [-0.05, 0) is 60.9 Å². The highest BCUT2D eigenvalue weighted by Gasteiger charge is 2.37. The number of carbonyl (C=O) groups is 1. The van der Waals surface area contributed by atoms with Gasteiger partial charge in [0, 0.05) is 10.9 Å². The van der Waals surface area contributed by atoms with E-state index in [1.54, 1.807) is 0 Å². The Morgan fingerprint density at radius 2 is 1.59 bits per heavy atom. The van der Waals surface area contributed by atoms with E-state index in [1.165, 1.54) is 12.8 Å². The van der Waals surface area contributed by atoms with Crippen molar-refractivity contribution in [2.75, 3.05) is 0 Å². The van der Waals surface area contributed by atoms with Gasteiger partial charge in [-0.2, -0.15) is 0 Å². The molecule has 3 saturated carbocycles. The van der Waals surface area contributed by atoms with Gasteiger partial charge in [0.05, 0.1) is 0 Å². The first-order chi connectivity index (χ1) is 8.24. The van der Waals surface area contributed by atoms with Crippen LogP contribution in [0.3, 0.4) is 0 Å². The van der Waals surface area contributed by atoms with Gasteiger partial charge in [-0.3, -0.25) is 4.79 Å². The second-order valence-corrected chi connectivity index (χ2v) is 5.50. The van der Waals surface area contributed by atoms with Gasteiger partial charge in [-0.15, -0.1) is 0 Å². The van der Waals surface area contributed by atoms with E-state index < -0.39 is 0 Å². The first kappa shape index (κ1) is 11.0. The van der Waals surface area contributed by atoms with E-state index in [0.29, 0.717) is 17.6 Å². The number of halogens is 1. The summed E-state index contributed by atoms with van der Waals surface area (Å²) in [5.74, 6) is 1.20. The molecule has 3 aliphatic carbocycles. The summed E-state index contributed by atoms with van der Waals surface area (Å²) in [6.45, 7) is 0. The quantitative estimate of drug-likeness (QED) is 0.682. The summed E-state index contributed by atoms with van der Waals surface area (Å²) in [5.41, 5.74) is 2.14. The number of Topliss-reactive ketones (excluding diaryl/α,β-unsaturated/α-hetero) is 1. The monoisotopic (exact) mass is 246 g/mol. The molecule has 2 bridgehead atoms. The van der Waals surface area contributed by atoms with Crippen LogP contribution in [0.4, 0.5) is 0 Å². The standard InChI is InChI=1S/C15H15ClO/c16-13-7-1-10(2-8-13)9-14-11-3-5-12(6-4-11)15(14)17/h1-2,7-9,11-12H,3-6H2/b14-9-. The molecule has 1 aromatic rings. The lowest BCUT2D eigenvalue weighted by Crippen LogP contribution is -2.33. The fourth-order valence-electron chi connectivity index (χ4n) is 3.03. The van der Waals surface area contributed by atoms with Crippen molar-refractivity contribution in [3.05, 3.63) is 40.4 Å². The molecule has 3 aliphatic rings. The van der Waals surface area contributed by atoms with Crippen LogP contribution in [-0.2, 0) is 4.79 Å². The second kappa shape index (κ2) is 4.30. The summed E-state index contributed by atoms with van der Waals surface area (Å²) in [7, 11) is 0. The molecule has 0 heterocycles. The van der Waals surface area contributed by atoms with Gasteiger partial charge >= 0.3 is 0 Å². The molecule has 0 N–H and O–H groups in total. The van der Waals surface area contributed by atoms with Gasteiger partial charge in [-0.1, -0.05) is 23.7 Å². The summed E-state index contributed by atoms with van der Waals surface area (Å²) in [6, 6.07) is 7.70. The van der Waals surface area contributed by atoms with Crippen molar-refractivity contribution in [1.82, 2.24) is 0 Å². The number of rotatable bonds is 1. The van der Waals surface area contributed by atoms with E-state index in [9.17, 15) is 4.79 Å². The minimum Gasteiger partial charge on any atom is -0.294 e. The van der Waals surface area contributed by atoms with Crippen molar-refractivity contribution in [2.45, 2.75) is 25.7 Å². The molecule has 17 heavy (non-hydrogen) atoms. The highest BCUT2D eigenvalue weighted by molar-refractivity contribution is 6.30. The molecule has 0 radical (unpaired) electrons. The first-order valence-electron chi connectivity index (χ1n) is 6.25. The second-order valence-electron chi connectivity index (χ2n) is 5.06. The Kier molecular flexibility index (Phi) is 2.79. The fourth-order valence-corrected chi connectivity index (χ4v) is 3.16. The highest BCUT2D eigenvalue weighted by Crippen LogP contribution is 2.42. The Balaban J connectivity index is 1.93. The molecule has 0 aromatic heterocycles. The predicted octanol–water partition coefficient (Wildman–Crippen LogP) is 4.11. The van der Waals surface area contributed by atoms with Crippen molar-refractivity contribution < 1.29 is 4.79 Å². The molecule has 0 atom stereocenters. The van der Waals surface area contributed by atoms with Crippen LogP contribution in [0.25, 0.3) is 6.08 Å². The summed E-state index contributed by atoms with van der Waals surface area (Å²) in [4.78, 5) is 12.2. The van der Waals surface area contributed by atoms with Crippen LogP contribution in [0.15, 0.2) is 29.8 Å². The largest absolute Gasteiger partial charge is 0.294 e. The molecule has 0 saturated heterocycles. The number of fused-ring (bicyclic) bond motifs is 3. The maximum Gasteiger partial charge on any atom is 0.162 e. The number of benzene rings is 1. The van der Waals surface area contributed by atoms with E-state index in [0.717, 1.165) is 29.0 Å². The van der Waals surface area contributed by atoms with Gasteiger partial charge in [-0.25, -0.2) is 0 Å². The lowest BCUT2D eigenvalue weighted by Gasteiger charge is -2.36. The number of carbonyl (C=O) groups excluding carboxylic acids is 1. The van der Waals surface area contributed by atoms with Crippen LogP contribution >= 0.6 is 11.6 Å². The van der Waals surface area contributed by atoms with E-state index >= 15 is 0 Å². The number of hydrogen-bond donors (Lipinski definition) is 0. The number of allylic oxidation sites excluding steroid dienone is 1. The fraction of sp³-hybridized carbons (Fsp3) is 0.400. The molecule has 1 nitrogen and oxygen atoms in total. The van der Waals surface area contributed by atoms with E-state index in [4.69, 9.17) is 11.6 Å². The van der Waals surface area contributed by atoms with Crippen LogP contribution in [0, 0.1) is 11.8 Å². The molecule has 3 fully saturated rings. The molecule has 88 valence electrons. The molecular formula is C15H15ClO. The Labute approximate surface area is 106 Å². The molecule has 4 rings (SSSR count). The lowest BCUT2D eigenvalue weighted by atomic mass is 9.67. The third kappa shape index (κ3) is 2.04. The minimum atomic E-state index is 0.304. The van der Waals surface area contributed by atoms with Crippen molar-refractivity contribution in [2.24, 2.45) is 11.8 Å². The Bertz CT molecular complexity index is 464. The van der Waals surface area contributed by atoms with Crippen molar-refractivity contribution in [3.8, 4) is 0 Å². The Hall–Kier alpha value is -1.08. The third-order valence-electron chi connectivity index (χ3n) is 4.01. The lowest BCUT2D eigenvalue weighted by molar-refractivity contribution is -0.123. The van der Waals surface area contributed by atoms with Gasteiger partial charge in [0.1, 0.15) is 0 Å². The number of hydrogen-bond acceptors (Lipinski definition) is 1. The average Bonchev–Trinajstić information content (AvgIpc) is 2.37. The highest BCUT2D eigenvalue weighted by atomic mass is 35.5. The summed E-state index contributed by atoms with van der Waals surface area (Å²) < 4.78 is 0. The van der Waals surface area contributed by atoms with Crippen LogP contribution in [0.2, 0.25) is 5.02 Å². The molecule has 0 spiro atoms. The first-order valence-corrected chi connectivity index (χ1v) is 6.63. The normalized spacial score (nSPS) is 29.9. The smallest absolute Gasteiger partial charge is 0.162 e. The number of ketones is 1. The molecule has 1 aromatic carbocycles. The average molecular weight is 247 g/mol. The summed E-state index contributed by atoms with van der Waals surface area (Å²) in [6.07, 6.45) is 6.64. The van der Waals surface area contributed by atoms with E-state index in [-0.39, 0.29) is 0 Å². The molecule has 0 aliphatic heterocycles. The zero-order valence-corrected chi connectivity index (χ0v) is 10.4. The summed E-state index contributed by atoms with van der Waals surface area (Å²) >= 11 is 5.86. The van der Waals surface area contributed by atoms with Crippen molar-refractivity contribution >= 4 is 23.5 Å². The summed E-state index contributed by atoms with van der Waals surface area (Å²) in [5, 5.41) is 0.739. The van der Waals surface area contributed by atoms with Gasteiger partial charge < -0.3 is 0 Å². The molecule has 2 heteroatoms. The van der Waals surface area contributed by atoms with Crippen LogP contribution in [-0.4, -0.2) is 5.78 Å². The van der Waals surface area contributed by atoms with Gasteiger partial charge in [0.15, 0.2) is 5.78 Å². The van der Waals surface area contributed by atoms with Crippen molar-refractivity contribution in [3.63, 3.8) is 0 Å². The predicted molar refractivity (Wildman–Crippen MR) is 69.9 cm³/mol. The van der Waals surface area contributed by atoms with Crippen LogP contribution < -0.4 is 0 Å². The van der Waals surface area contributed by atoms with Gasteiger partial charge in [0.25, 0.3) is 0 Å². The Morgan fingerprint density at radius 3 is 2.18 bits per heavy atom. The zero-order chi connectivity index (χ0) is 11.8. The van der Waals surface area contributed by atoms with Crippen LogP contribution in [0.1, 0.15) is 31.2 Å². The van der Waals surface area contributed by atoms with E-state index in [1.807, 2.05) is 24.3 Å². The van der Waals surface area contributed by atoms with Gasteiger partial charge in [0.2, 0.25) is 0 Å². The maximum absolute atomic E-state index is 12.2. The van der Waals surface area contributed by atoms with Crippen molar-refractivity contribution in [1.29, 1.82) is 0 Å². The van der Waals surface area contributed by atoms with E-state index in [2.05, 4.69) is 6.08 Å². The topological polar surface area (TPSA) is 17.1 Å².